The van der Waals surface area contributed by atoms with Crippen molar-refractivity contribution in [2.45, 2.75) is 6.42 Å². The van der Waals surface area contributed by atoms with Crippen LogP contribution in [0.25, 0.3) is 10.9 Å². The Balaban J connectivity index is 1.84. The Hall–Kier alpha value is -4.15. The summed E-state index contributed by atoms with van der Waals surface area (Å²) in [6, 6.07) is 6.48. The number of fused-ring (bicyclic) bond motifs is 1. The third kappa shape index (κ3) is 4.49. The summed E-state index contributed by atoms with van der Waals surface area (Å²) in [5.74, 6) is -1.84. The van der Waals surface area contributed by atoms with Gasteiger partial charge in [-0.2, -0.15) is 0 Å². The molecule has 1 saturated heterocycles. The highest BCUT2D eigenvalue weighted by atomic mass is 19.1. The van der Waals surface area contributed by atoms with Gasteiger partial charge in [-0.25, -0.2) is 13.6 Å². The third-order valence-electron chi connectivity index (χ3n) is 5.73. The Labute approximate surface area is 193 Å². The molecule has 9 nitrogen and oxygen atoms in total. The number of nitrogens with one attached hydrogen (secondary N) is 1. The van der Waals surface area contributed by atoms with Gasteiger partial charge in [-0.1, -0.05) is 0 Å². The van der Waals surface area contributed by atoms with Gasteiger partial charge in [-0.3, -0.25) is 9.78 Å². The summed E-state index contributed by atoms with van der Waals surface area (Å²) in [4.78, 5) is 31.2. The number of nitrogens with two attached hydrogens (primary N) is 1. The minimum absolute atomic E-state index is 0.0280. The fraction of sp³-hybridized carbons (Fsp3) is 0.261. The monoisotopic (exact) mass is 471 g/mol. The van der Waals surface area contributed by atoms with Crippen LogP contribution in [-0.4, -0.2) is 60.3 Å². The van der Waals surface area contributed by atoms with Gasteiger partial charge < -0.3 is 30.7 Å². The highest BCUT2D eigenvalue weighted by Crippen LogP contribution is 2.38. The van der Waals surface area contributed by atoms with Gasteiger partial charge in [-0.15, -0.1) is 0 Å². The predicted octanol–water partition coefficient (Wildman–Crippen LogP) is 3.55. The van der Waals surface area contributed by atoms with Crippen LogP contribution in [0.4, 0.5) is 30.6 Å². The minimum atomic E-state index is -0.976. The predicted molar refractivity (Wildman–Crippen MR) is 123 cm³/mol. The number of methoxy groups -OCH3 is 1. The number of hydrogen-bond acceptors (Lipinski definition) is 6. The molecule has 2 amide bonds. The van der Waals surface area contributed by atoms with Gasteiger partial charge in [0.2, 0.25) is 0 Å². The molecule has 0 radical (unpaired) electrons. The van der Waals surface area contributed by atoms with E-state index < -0.39 is 23.6 Å². The molecule has 34 heavy (non-hydrogen) atoms. The number of amides is 2. The van der Waals surface area contributed by atoms with Crippen molar-refractivity contribution < 1.29 is 28.2 Å². The minimum Gasteiger partial charge on any atom is -0.495 e. The maximum Gasteiger partial charge on any atom is 0.407 e. The number of carbonyl (C=O) groups is 2. The third-order valence-corrected chi connectivity index (χ3v) is 5.73. The van der Waals surface area contributed by atoms with E-state index in [1.165, 1.54) is 24.3 Å². The molecule has 178 valence electrons. The average molecular weight is 471 g/mol. The standard InChI is InChI=1S/C23H23F2N5O4/c1-34-20-11-18-14(10-19(20)29-5-2-6-30(8-7-29)23(32)33)21(15(12-27-18)22(26)31)28-17-4-3-13(24)9-16(17)25/h3-4,9-12H,2,5-8H2,1H3,(H2,26,31)(H,27,28)(H,32,33). The van der Waals surface area contributed by atoms with E-state index in [1.54, 1.807) is 12.1 Å². The zero-order valence-corrected chi connectivity index (χ0v) is 18.3. The number of primary amides is 1. The Morgan fingerprint density at radius 1 is 1.15 bits per heavy atom. The number of anilines is 3. The number of pyridine rings is 1. The zero-order valence-electron chi connectivity index (χ0n) is 18.3. The SMILES string of the molecule is COc1cc2ncc(C(N)=O)c(Nc3ccc(F)cc3F)c2cc1N1CCCN(C(=O)O)CC1. The number of aromatic nitrogens is 1. The van der Waals surface area contributed by atoms with Crippen molar-refractivity contribution in [2.24, 2.45) is 5.73 Å². The summed E-state index contributed by atoms with van der Waals surface area (Å²) >= 11 is 0. The molecule has 4 N–H and O–H groups in total. The fourth-order valence-corrected chi connectivity index (χ4v) is 4.02. The maximum absolute atomic E-state index is 14.4. The first kappa shape index (κ1) is 23.0. The smallest absolute Gasteiger partial charge is 0.407 e. The zero-order chi connectivity index (χ0) is 24.4. The molecule has 1 fully saturated rings. The maximum atomic E-state index is 14.4. The van der Waals surface area contributed by atoms with Crippen LogP contribution in [0.3, 0.4) is 0 Å². The summed E-state index contributed by atoms with van der Waals surface area (Å²) in [6.07, 6.45) is 0.916. The van der Waals surface area contributed by atoms with E-state index in [9.17, 15) is 23.5 Å². The lowest BCUT2D eigenvalue weighted by molar-refractivity contribution is 0.100. The van der Waals surface area contributed by atoms with Gasteiger partial charge >= 0.3 is 6.09 Å². The summed E-state index contributed by atoms with van der Waals surface area (Å²) in [7, 11) is 1.51. The van der Waals surface area contributed by atoms with Crippen molar-refractivity contribution in [1.29, 1.82) is 0 Å². The van der Waals surface area contributed by atoms with Crippen LogP contribution in [0.2, 0.25) is 0 Å². The number of nitrogens with zero attached hydrogens (tertiary/aromatic N) is 3. The number of carboxylic acid groups (broad SMARTS) is 1. The molecule has 0 atom stereocenters. The van der Waals surface area contributed by atoms with Crippen LogP contribution in [-0.2, 0) is 0 Å². The van der Waals surface area contributed by atoms with Crippen molar-refractivity contribution in [3.63, 3.8) is 0 Å². The van der Waals surface area contributed by atoms with Crippen LogP contribution >= 0.6 is 0 Å². The Morgan fingerprint density at radius 2 is 1.94 bits per heavy atom. The highest BCUT2D eigenvalue weighted by Gasteiger charge is 2.23. The fourth-order valence-electron chi connectivity index (χ4n) is 4.02. The van der Waals surface area contributed by atoms with E-state index in [0.29, 0.717) is 54.9 Å². The molecule has 1 aromatic heterocycles. The van der Waals surface area contributed by atoms with Crippen molar-refractivity contribution in [2.75, 3.05) is 43.5 Å². The number of rotatable bonds is 5. The second kappa shape index (κ2) is 9.38. The van der Waals surface area contributed by atoms with Crippen LogP contribution in [0.15, 0.2) is 36.5 Å². The first-order valence-corrected chi connectivity index (χ1v) is 10.5. The van der Waals surface area contributed by atoms with E-state index >= 15 is 0 Å². The van der Waals surface area contributed by atoms with Crippen molar-refractivity contribution in [3.05, 3.63) is 53.7 Å². The number of hydrogen-bond donors (Lipinski definition) is 3. The van der Waals surface area contributed by atoms with Crippen molar-refractivity contribution in [1.82, 2.24) is 9.88 Å². The second-order valence-corrected chi connectivity index (χ2v) is 7.81. The Kier molecular flexibility index (Phi) is 6.35. The number of ether oxygens (including phenoxy) is 1. The van der Waals surface area contributed by atoms with E-state index in [2.05, 4.69) is 10.3 Å². The lowest BCUT2D eigenvalue weighted by Gasteiger charge is -2.26. The van der Waals surface area contributed by atoms with E-state index in [4.69, 9.17) is 10.5 Å². The van der Waals surface area contributed by atoms with Gasteiger partial charge in [0.15, 0.2) is 0 Å². The summed E-state index contributed by atoms with van der Waals surface area (Å²) < 4.78 is 33.3. The molecular weight excluding hydrogens is 448 g/mol. The molecule has 0 saturated carbocycles. The molecule has 0 unspecified atom stereocenters. The number of carbonyl (C=O) groups excluding carboxylic acids is 1. The molecule has 2 aromatic carbocycles. The molecule has 3 aromatic rings. The Morgan fingerprint density at radius 3 is 2.62 bits per heavy atom. The molecule has 11 heteroatoms. The summed E-state index contributed by atoms with van der Waals surface area (Å²) in [5.41, 5.74) is 6.87. The van der Waals surface area contributed by atoms with Gasteiger partial charge in [0.1, 0.15) is 17.4 Å². The average Bonchev–Trinajstić information content (AvgIpc) is 3.06. The molecule has 1 aliphatic rings. The lowest BCUT2D eigenvalue weighted by Crippen LogP contribution is -2.34. The first-order valence-electron chi connectivity index (χ1n) is 10.5. The molecule has 0 aliphatic carbocycles. The van der Waals surface area contributed by atoms with Gasteiger partial charge in [0.25, 0.3) is 5.91 Å². The van der Waals surface area contributed by atoms with E-state index in [0.717, 1.165) is 12.1 Å². The van der Waals surface area contributed by atoms with Crippen LogP contribution in [0.1, 0.15) is 16.8 Å². The van der Waals surface area contributed by atoms with Crippen molar-refractivity contribution in [3.8, 4) is 5.75 Å². The number of halogens is 2. The molecule has 4 rings (SSSR count). The quantitative estimate of drug-likeness (QED) is 0.520. The van der Waals surface area contributed by atoms with Gasteiger partial charge in [0, 0.05) is 49.9 Å². The Bertz CT molecular complexity index is 1270. The van der Waals surface area contributed by atoms with E-state index in [1.807, 2.05) is 4.90 Å². The molecule has 2 heterocycles. The van der Waals surface area contributed by atoms with Crippen LogP contribution in [0, 0.1) is 11.6 Å². The summed E-state index contributed by atoms with van der Waals surface area (Å²) in [5, 5.41) is 12.7. The topological polar surface area (TPSA) is 121 Å². The van der Waals surface area contributed by atoms with Crippen LogP contribution in [0.5, 0.6) is 5.75 Å². The largest absolute Gasteiger partial charge is 0.495 e. The van der Waals surface area contributed by atoms with Crippen molar-refractivity contribution >= 4 is 40.0 Å². The summed E-state index contributed by atoms with van der Waals surface area (Å²) in [6.45, 7) is 1.71. The van der Waals surface area contributed by atoms with Gasteiger partial charge in [0.05, 0.1) is 35.3 Å². The molecule has 1 aliphatic heterocycles. The molecule has 0 spiro atoms. The second-order valence-electron chi connectivity index (χ2n) is 7.81. The molecular formula is C23H23F2N5O4. The lowest BCUT2D eigenvalue weighted by atomic mass is 10.1. The molecule has 0 bridgehead atoms. The normalized spacial score (nSPS) is 14.1. The van der Waals surface area contributed by atoms with E-state index in [-0.39, 0.29) is 16.9 Å². The van der Waals surface area contributed by atoms with Crippen LogP contribution < -0.4 is 20.7 Å². The van der Waals surface area contributed by atoms with Gasteiger partial charge in [-0.05, 0) is 24.6 Å². The first-order chi connectivity index (χ1) is 16.3. The highest BCUT2D eigenvalue weighted by molar-refractivity contribution is 6.08. The number of benzene rings is 2.